The number of benzene rings is 1. The smallest absolute Gasteiger partial charge is 0.243 e. The lowest BCUT2D eigenvalue weighted by Crippen LogP contribution is -2.50. The molecule has 0 amide bonds. The molecular weight excluding hydrogens is 283 g/mol. The largest absolute Gasteiger partial charge is 0.392 e. The highest BCUT2D eigenvalue weighted by Crippen LogP contribution is 2.18. The van der Waals surface area contributed by atoms with Gasteiger partial charge in [0.15, 0.2) is 0 Å². The SMILES string of the molecule is C[C@@H](O)CN1CCN(S(=O)(=O)c2ccc(F)cc2)CC1. The highest BCUT2D eigenvalue weighted by atomic mass is 32.2. The van der Waals surface area contributed by atoms with E-state index in [-0.39, 0.29) is 4.90 Å². The quantitative estimate of drug-likeness (QED) is 0.880. The Labute approximate surface area is 118 Å². The van der Waals surface area contributed by atoms with E-state index in [0.29, 0.717) is 32.7 Å². The van der Waals surface area contributed by atoms with Crippen molar-refractivity contribution in [3.05, 3.63) is 30.1 Å². The lowest BCUT2D eigenvalue weighted by Gasteiger charge is -2.34. The summed E-state index contributed by atoms with van der Waals surface area (Å²) in [6.07, 6.45) is -0.421. The minimum Gasteiger partial charge on any atom is -0.392 e. The summed E-state index contributed by atoms with van der Waals surface area (Å²) in [4.78, 5) is 2.14. The van der Waals surface area contributed by atoms with Crippen molar-refractivity contribution < 1.29 is 17.9 Å². The van der Waals surface area contributed by atoms with Gasteiger partial charge < -0.3 is 5.11 Å². The normalized spacial score (nSPS) is 19.9. The second-order valence-electron chi connectivity index (χ2n) is 5.01. The number of piperazine rings is 1. The Bertz CT molecular complexity index is 537. The number of β-amino-alcohol motifs (C(OH)–C–C–N with tert-alkyl or cyclic N) is 1. The van der Waals surface area contributed by atoms with E-state index in [0.717, 1.165) is 12.1 Å². The first kappa shape index (κ1) is 15.4. The van der Waals surface area contributed by atoms with Crippen molar-refractivity contribution in [3.8, 4) is 0 Å². The van der Waals surface area contributed by atoms with Gasteiger partial charge in [0.05, 0.1) is 11.0 Å². The highest BCUT2D eigenvalue weighted by molar-refractivity contribution is 7.89. The topological polar surface area (TPSA) is 60.9 Å². The maximum atomic E-state index is 12.9. The zero-order valence-electron chi connectivity index (χ0n) is 11.4. The third-order valence-electron chi connectivity index (χ3n) is 3.31. The van der Waals surface area contributed by atoms with Gasteiger partial charge in [-0.25, -0.2) is 12.8 Å². The number of sulfonamides is 1. The molecule has 0 radical (unpaired) electrons. The first-order chi connectivity index (χ1) is 9.39. The first-order valence-electron chi connectivity index (χ1n) is 6.56. The summed E-state index contributed by atoms with van der Waals surface area (Å²) in [6, 6.07) is 4.87. The van der Waals surface area contributed by atoms with Gasteiger partial charge in [0.2, 0.25) is 10.0 Å². The molecule has 0 unspecified atom stereocenters. The van der Waals surface area contributed by atoms with Crippen molar-refractivity contribution in [1.29, 1.82) is 0 Å². The summed E-state index contributed by atoms with van der Waals surface area (Å²) < 4.78 is 39.0. The molecule has 1 aromatic carbocycles. The summed E-state index contributed by atoms with van der Waals surface area (Å²) in [6.45, 7) is 4.20. The molecule has 0 bridgehead atoms. The molecule has 0 saturated carbocycles. The Morgan fingerprint density at radius 3 is 2.25 bits per heavy atom. The number of hydrogen-bond acceptors (Lipinski definition) is 4. The molecule has 1 heterocycles. The Balaban J connectivity index is 2.04. The Morgan fingerprint density at radius 2 is 1.75 bits per heavy atom. The van der Waals surface area contributed by atoms with Crippen molar-refractivity contribution in [2.75, 3.05) is 32.7 Å². The molecule has 20 heavy (non-hydrogen) atoms. The fraction of sp³-hybridized carbons (Fsp3) is 0.538. The van der Waals surface area contributed by atoms with E-state index >= 15 is 0 Å². The van der Waals surface area contributed by atoms with Crippen LogP contribution in [-0.4, -0.2) is 61.6 Å². The van der Waals surface area contributed by atoms with Crippen LogP contribution in [0.2, 0.25) is 0 Å². The van der Waals surface area contributed by atoms with Crippen LogP contribution >= 0.6 is 0 Å². The lowest BCUT2D eigenvalue weighted by atomic mass is 10.3. The molecule has 7 heteroatoms. The van der Waals surface area contributed by atoms with Gasteiger partial charge in [-0.15, -0.1) is 0 Å². The number of aliphatic hydroxyl groups is 1. The zero-order chi connectivity index (χ0) is 14.8. The van der Waals surface area contributed by atoms with E-state index in [4.69, 9.17) is 0 Å². The standard InChI is InChI=1S/C13H19FN2O3S/c1-11(17)10-15-6-8-16(9-7-15)20(18,19)13-4-2-12(14)3-5-13/h2-5,11,17H,6-10H2,1H3/t11-/m1/s1. The Morgan fingerprint density at radius 1 is 1.20 bits per heavy atom. The van der Waals surface area contributed by atoms with Gasteiger partial charge in [-0.3, -0.25) is 4.90 Å². The minimum absolute atomic E-state index is 0.114. The van der Waals surface area contributed by atoms with Crippen molar-refractivity contribution in [1.82, 2.24) is 9.21 Å². The Kier molecular flexibility index (Phi) is 4.74. The predicted molar refractivity (Wildman–Crippen MR) is 73.3 cm³/mol. The number of halogens is 1. The van der Waals surface area contributed by atoms with Gasteiger partial charge in [0.1, 0.15) is 5.82 Å². The fourth-order valence-corrected chi connectivity index (χ4v) is 3.70. The molecule has 2 rings (SSSR count). The molecule has 1 aliphatic heterocycles. The molecule has 1 fully saturated rings. The fourth-order valence-electron chi connectivity index (χ4n) is 2.28. The average molecular weight is 302 g/mol. The molecule has 1 saturated heterocycles. The zero-order valence-corrected chi connectivity index (χ0v) is 12.2. The molecular formula is C13H19FN2O3S. The third kappa shape index (κ3) is 3.54. The van der Waals surface area contributed by atoms with Gasteiger partial charge in [0.25, 0.3) is 0 Å². The molecule has 0 spiro atoms. The van der Waals surface area contributed by atoms with Crippen LogP contribution in [0, 0.1) is 5.82 Å². The van der Waals surface area contributed by atoms with E-state index in [1.807, 2.05) is 4.90 Å². The van der Waals surface area contributed by atoms with Crippen molar-refractivity contribution >= 4 is 10.0 Å². The van der Waals surface area contributed by atoms with Crippen LogP contribution in [0.25, 0.3) is 0 Å². The van der Waals surface area contributed by atoms with Crippen LogP contribution in [0.4, 0.5) is 4.39 Å². The molecule has 1 atom stereocenters. The van der Waals surface area contributed by atoms with Gasteiger partial charge in [-0.2, -0.15) is 4.31 Å². The molecule has 1 aliphatic rings. The van der Waals surface area contributed by atoms with Crippen LogP contribution in [-0.2, 0) is 10.0 Å². The van der Waals surface area contributed by atoms with Gasteiger partial charge in [-0.05, 0) is 31.2 Å². The summed E-state index contributed by atoms with van der Waals surface area (Å²) in [7, 11) is -3.55. The van der Waals surface area contributed by atoms with E-state index in [1.165, 1.54) is 16.4 Å². The highest BCUT2D eigenvalue weighted by Gasteiger charge is 2.28. The first-order valence-corrected chi connectivity index (χ1v) is 8.00. The second kappa shape index (κ2) is 6.17. The van der Waals surface area contributed by atoms with Gasteiger partial charge in [-0.1, -0.05) is 0 Å². The summed E-state index contributed by atoms with van der Waals surface area (Å²) >= 11 is 0. The van der Waals surface area contributed by atoms with Crippen molar-refractivity contribution in [2.24, 2.45) is 0 Å². The molecule has 1 aromatic rings. The van der Waals surface area contributed by atoms with E-state index in [9.17, 15) is 17.9 Å². The molecule has 112 valence electrons. The van der Waals surface area contributed by atoms with E-state index in [1.54, 1.807) is 6.92 Å². The van der Waals surface area contributed by atoms with Gasteiger partial charge >= 0.3 is 0 Å². The van der Waals surface area contributed by atoms with Crippen molar-refractivity contribution in [2.45, 2.75) is 17.9 Å². The van der Waals surface area contributed by atoms with Gasteiger partial charge in [0, 0.05) is 32.7 Å². The number of rotatable bonds is 4. The molecule has 5 nitrogen and oxygen atoms in total. The lowest BCUT2D eigenvalue weighted by molar-refractivity contribution is 0.103. The summed E-state index contributed by atoms with van der Waals surface area (Å²) in [5.41, 5.74) is 0. The third-order valence-corrected chi connectivity index (χ3v) is 5.22. The van der Waals surface area contributed by atoms with Crippen LogP contribution in [0.5, 0.6) is 0 Å². The monoisotopic (exact) mass is 302 g/mol. The Hall–Kier alpha value is -1.02. The number of aliphatic hydroxyl groups excluding tert-OH is 1. The maximum Gasteiger partial charge on any atom is 0.243 e. The number of hydrogen-bond donors (Lipinski definition) is 1. The van der Waals surface area contributed by atoms with Crippen LogP contribution in [0.1, 0.15) is 6.92 Å². The van der Waals surface area contributed by atoms with Crippen molar-refractivity contribution in [3.63, 3.8) is 0 Å². The molecule has 1 N–H and O–H groups in total. The average Bonchev–Trinajstić information content (AvgIpc) is 2.39. The van der Waals surface area contributed by atoms with E-state index < -0.39 is 21.9 Å². The predicted octanol–water partition coefficient (Wildman–Crippen LogP) is 0.513. The minimum atomic E-state index is -3.55. The second-order valence-corrected chi connectivity index (χ2v) is 6.95. The summed E-state index contributed by atoms with van der Waals surface area (Å²) in [5, 5.41) is 9.33. The van der Waals surface area contributed by atoms with Crippen LogP contribution in [0.3, 0.4) is 0 Å². The number of nitrogens with zero attached hydrogens (tertiary/aromatic N) is 2. The van der Waals surface area contributed by atoms with Crippen LogP contribution < -0.4 is 0 Å². The molecule has 0 aliphatic carbocycles. The molecule has 0 aromatic heterocycles. The van der Waals surface area contributed by atoms with Crippen LogP contribution in [0.15, 0.2) is 29.2 Å². The maximum absolute atomic E-state index is 12.9. The summed E-state index contributed by atoms with van der Waals surface area (Å²) in [5.74, 6) is -0.453. The van der Waals surface area contributed by atoms with E-state index in [2.05, 4.69) is 0 Å².